The fraction of sp³-hybridized carbons (Fsp3) is 0.611. The number of halogens is 1. The number of aliphatic hydroxyl groups is 1. The Labute approximate surface area is 143 Å². The number of benzene rings is 1. The summed E-state index contributed by atoms with van der Waals surface area (Å²) in [5.74, 6) is 0.532. The number of aryl methyl sites for hydroxylation is 2. The Hall–Kier alpha value is -1.26. The fourth-order valence-electron chi connectivity index (χ4n) is 3.22. The molecular formula is C18H26ClNO3. The Morgan fingerprint density at radius 2 is 1.87 bits per heavy atom. The molecule has 1 N–H and O–H groups in total. The molecule has 1 fully saturated rings. The molecule has 0 unspecified atom stereocenters. The third-order valence-electron chi connectivity index (χ3n) is 4.61. The van der Waals surface area contributed by atoms with E-state index in [9.17, 15) is 9.90 Å². The molecule has 23 heavy (non-hydrogen) atoms. The SMILES string of the molecule is Cc1cc(O[C@@H](C)C(=O)N(C)[C@@H]2CCCC[C@H]2O)cc(C)c1Cl. The number of aliphatic hydroxyl groups excluding tert-OH is 1. The second-order valence-electron chi connectivity index (χ2n) is 6.50. The normalized spacial score (nSPS) is 22.5. The van der Waals surface area contributed by atoms with Crippen molar-refractivity contribution in [3.8, 4) is 5.75 Å². The van der Waals surface area contributed by atoms with E-state index in [0.29, 0.717) is 5.75 Å². The van der Waals surface area contributed by atoms with Crippen molar-refractivity contribution in [2.45, 2.75) is 64.7 Å². The van der Waals surface area contributed by atoms with Gasteiger partial charge >= 0.3 is 0 Å². The molecule has 4 nitrogen and oxygen atoms in total. The fourth-order valence-corrected chi connectivity index (χ4v) is 3.33. The van der Waals surface area contributed by atoms with Gasteiger partial charge in [0, 0.05) is 12.1 Å². The summed E-state index contributed by atoms with van der Waals surface area (Å²) in [4.78, 5) is 14.2. The molecule has 0 heterocycles. The molecule has 2 rings (SSSR count). The first kappa shape index (κ1) is 18.1. The molecule has 1 aromatic rings. The molecule has 0 radical (unpaired) electrons. The van der Waals surface area contributed by atoms with Crippen molar-refractivity contribution < 1.29 is 14.6 Å². The summed E-state index contributed by atoms with van der Waals surface area (Å²) in [6, 6.07) is 3.57. The molecule has 1 aliphatic carbocycles. The van der Waals surface area contributed by atoms with Gasteiger partial charge in [0.15, 0.2) is 6.10 Å². The van der Waals surface area contributed by atoms with Gasteiger partial charge in [-0.05, 0) is 56.9 Å². The van der Waals surface area contributed by atoms with Crippen molar-refractivity contribution in [2.75, 3.05) is 7.05 Å². The summed E-state index contributed by atoms with van der Waals surface area (Å²) in [6.07, 6.45) is 2.63. The Balaban J connectivity index is 2.04. The highest BCUT2D eigenvalue weighted by molar-refractivity contribution is 6.32. The monoisotopic (exact) mass is 339 g/mol. The third-order valence-corrected chi connectivity index (χ3v) is 5.21. The zero-order chi connectivity index (χ0) is 17.1. The summed E-state index contributed by atoms with van der Waals surface area (Å²) < 4.78 is 5.81. The number of carbonyl (C=O) groups excluding carboxylic acids is 1. The van der Waals surface area contributed by atoms with Crippen LogP contribution >= 0.6 is 11.6 Å². The number of hydrogen-bond donors (Lipinski definition) is 1. The highest BCUT2D eigenvalue weighted by Gasteiger charge is 2.32. The number of likely N-dealkylation sites (N-methyl/N-ethyl adjacent to an activating group) is 1. The number of amides is 1. The number of hydrogen-bond acceptors (Lipinski definition) is 3. The van der Waals surface area contributed by atoms with Crippen LogP contribution in [0.15, 0.2) is 12.1 Å². The molecular weight excluding hydrogens is 314 g/mol. The van der Waals surface area contributed by atoms with Crippen molar-refractivity contribution in [2.24, 2.45) is 0 Å². The van der Waals surface area contributed by atoms with Crippen LogP contribution in [0.3, 0.4) is 0 Å². The third kappa shape index (κ3) is 4.18. The van der Waals surface area contributed by atoms with Gasteiger partial charge in [-0.3, -0.25) is 4.79 Å². The minimum absolute atomic E-state index is 0.110. The zero-order valence-corrected chi connectivity index (χ0v) is 15.1. The Kier molecular flexibility index (Phi) is 5.93. The summed E-state index contributed by atoms with van der Waals surface area (Å²) in [7, 11) is 1.75. The van der Waals surface area contributed by atoms with E-state index in [4.69, 9.17) is 16.3 Å². The van der Waals surface area contributed by atoms with Crippen LogP contribution in [0.2, 0.25) is 5.02 Å². The van der Waals surface area contributed by atoms with Crippen molar-refractivity contribution >= 4 is 17.5 Å². The van der Waals surface area contributed by atoms with Crippen molar-refractivity contribution in [3.05, 3.63) is 28.3 Å². The maximum atomic E-state index is 12.6. The average molecular weight is 340 g/mol. The van der Waals surface area contributed by atoms with E-state index in [-0.39, 0.29) is 11.9 Å². The van der Waals surface area contributed by atoms with Crippen LogP contribution in [-0.2, 0) is 4.79 Å². The van der Waals surface area contributed by atoms with Crippen LogP contribution in [-0.4, -0.2) is 41.2 Å². The molecule has 0 aliphatic heterocycles. The molecule has 5 heteroatoms. The molecule has 1 amide bonds. The second-order valence-corrected chi connectivity index (χ2v) is 6.88. The highest BCUT2D eigenvalue weighted by Crippen LogP contribution is 2.27. The van der Waals surface area contributed by atoms with Crippen LogP contribution in [0.1, 0.15) is 43.7 Å². The van der Waals surface area contributed by atoms with Crippen LogP contribution < -0.4 is 4.74 Å². The van der Waals surface area contributed by atoms with E-state index in [2.05, 4.69) is 0 Å². The Morgan fingerprint density at radius 1 is 1.30 bits per heavy atom. The lowest BCUT2D eigenvalue weighted by atomic mass is 9.91. The van der Waals surface area contributed by atoms with Gasteiger partial charge in [0.25, 0.3) is 5.91 Å². The molecule has 128 valence electrons. The van der Waals surface area contributed by atoms with Gasteiger partial charge in [-0.1, -0.05) is 24.4 Å². The predicted octanol–water partition coefficient (Wildman–Crippen LogP) is 3.49. The van der Waals surface area contributed by atoms with E-state index in [1.54, 1.807) is 18.9 Å². The second kappa shape index (κ2) is 7.54. The molecule has 0 saturated heterocycles. The first-order chi connectivity index (χ1) is 10.8. The topological polar surface area (TPSA) is 49.8 Å². The van der Waals surface area contributed by atoms with Gasteiger partial charge in [0.05, 0.1) is 12.1 Å². The molecule has 1 saturated carbocycles. The molecule has 0 aromatic heterocycles. The number of carbonyl (C=O) groups is 1. The summed E-state index contributed by atoms with van der Waals surface area (Å²) in [5, 5.41) is 10.8. The van der Waals surface area contributed by atoms with E-state index in [1.807, 2.05) is 26.0 Å². The molecule has 1 aromatic carbocycles. The van der Waals surface area contributed by atoms with Gasteiger partial charge in [-0.25, -0.2) is 0 Å². The lowest BCUT2D eigenvalue weighted by molar-refractivity contribution is -0.142. The largest absolute Gasteiger partial charge is 0.481 e. The lowest BCUT2D eigenvalue weighted by Crippen LogP contribution is -2.50. The molecule has 3 atom stereocenters. The van der Waals surface area contributed by atoms with Crippen LogP contribution in [0.5, 0.6) is 5.75 Å². The molecule has 0 bridgehead atoms. The Morgan fingerprint density at radius 3 is 2.43 bits per heavy atom. The van der Waals surface area contributed by atoms with E-state index in [1.165, 1.54) is 0 Å². The maximum Gasteiger partial charge on any atom is 0.263 e. The van der Waals surface area contributed by atoms with E-state index < -0.39 is 12.2 Å². The van der Waals surface area contributed by atoms with E-state index >= 15 is 0 Å². The average Bonchev–Trinajstić information content (AvgIpc) is 2.51. The first-order valence-electron chi connectivity index (χ1n) is 8.19. The summed E-state index contributed by atoms with van der Waals surface area (Å²) >= 11 is 6.16. The minimum atomic E-state index is -0.603. The van der Waals surface area contributed by atoms with Crippen LogP contribution in [0, 0.1) is 13.8 Å². The Bertz CT molecular complexity index is 552. The highest BCUT2D eigenvalue weighted by atomic mass is 35.5. The number of rotatable bonds is 4. The van der Waals surface area contributed by atoms with Gasteiger partial charge in [0.2, 0.25) is 0 Å². The van der Waals surface area contributed by atoms with Crippen molar-refractivity contribution in [1.82, 2.24) is 4.90 Å². The predicted molar refractivity (Wildman–Crippen MR) is 92.0 cm³/mol. The maximum absolute atomic E-state index is 12.6. The first-order valence-corrected chi connectivity index (χ1v) is 8.57. The van der Waals surface area contributed by atoms with Gasteiger partial charge in [-0.2, -0.15) is 0 Å². The quantitative estimate of drug-likeness (QED) is 0.913. The van der Waals surface area contributed by atoms with Crippen LogP contribution in [0.4, 0.5) is 0 Å². The smallest absolute Gasteiger partial charge is 0.263 e. The lowest BCUT2D eigenvalue weighted by Gasteiger charge is -2.36. The van der Waals surface area contributed by atoms with Gasteiger partial charge in [0.1, 0.15) is 5.75 Å². The van der Waals surface area contributed by atoms with Crippen LogP contribution in [0.25, 0.3) is 0 Å². The zero-order valence-electron chi connectivity index (χ0n) is 14.3. The van der Waals surface area contributed by atoms with Crippen molar-refractivity contribution in [1.29, 1.82) is 0 Å². The number of nitrogens with zero attached hydrogens (tertiary/aromatic N) is 1. The summed E-state index contributed by atoms with van der Waals surface area (Å²) in [6.45, 7) is 5.58. The number of ether oxygens (including phenoxy) is 1. The molecule has 1 aliphatic rings. The van der Waals surface area contributed by atoms with E-state index in [0.717, 1.165) is 41.8 Å². The standard InChI is InChI=1S/C18H26ClNO3/c1-11-9-14(10-12(2)17(11)19)23-13(3)18(22)20(4)15-7-5-6-8-16(15)21/h9-10,13,15-16,21H,5-8H2,1-4H3/t13-,15+,16+/m0/s1. The van der Waals surface area contributed by atoms with Gasteiger partial charge in [-0.15, -0.1) is 0 Å². The minimum Gasteiger partial charge on any atom is -0.481 e. The van der Waals surface area contributed by atoms with Gasteiger partial charge < -0.3 is 14.7 Å². The van der Waals surface area contributed by atoms with Crippen molar-refractivity contribution in [3.63, 3.8) is 0 Å². The molecule has 0 spiro atoms. The summed E-state index contributed by atoms with van der Waals surface area (Å²) in [5.41, 5.74) is 1.86.